The van der Waals surface area contributed by atoms with Crippen LogP contribution in [0.2, 0.25) is 0 Å². The zero-order chi connectivity index (χ0) is 41.9. The molecular weight excluding hydrogens is 697 g/mol. The van der Waals surface area contributed by atoms with Crippen LogP contribution in [0.5, 0.6) is 0 Å². The van der Waals surface area contributed by atoms with Gasteiger partial charge >= 0.3 is 0 Å². The topological polar surface area (TPSA) is 55.4 Å². The normalized spacial score (nSPS) is 36.9. The van der Waals surface area contributed by atoms with Crippen LogP contribution in [-0.2, 0) is 28.4 Å². The average Bonchev–Trinajstić information content (AvgIpc) is 3.18. The Morgan fingerprint density at radius 3 is 0.804 bits per heavy atom. The SMILES string of the molecule is CC1=CCC(C)CC1.CC1=CCC(C)CC1.CC1CCC(C)CC1.CC1CC[C@@H](C)CO1.CC1CC[C@@H](C)OC1.CC1COC(C)OC1.CC1COC(C)OC1. The maximum Gasteiger partial charge on any atom is 0.154 e. The van der Waals surface area contributed by atoms with Gasteiger partial charge in [-0.2, -0.15) is 0 Å². The zero-order valence-corrected chi connectivity index (χ0v) is 39.7. The van der Waals surface area contributed by atoms with Crippen molar-refractivity contribution in [3.05, 3.63) is 23.3 Å². The van der Waals surface area contributed by atoms with E-state index in [-0.39, 0.29) is 12.6 Å². The molecule has 7 aliphatic rings. The molecule has 0 amide bonds. The molecule has 0 N–H and O–H groups in total. The van der Waals surface area contributed by atoms with E-state index in [0.29, 0.717) is 24.0 Å². The first-order chi connectivity index (χ1) is 26.5. The Morgan fingerprint density at radius 2 is 0.607 bits per heavy atom. The van der Waals surface area contributed by atoms with Gasteiger partial charge in [0.2, 0.25) is 0 Å². The Morgan fingerprint density at radius 1 is 0.321 bits per heavy atom. The molecule has 0 spiro atoms. The van der Waals surface area contributed by atoms with Crippen LogP contribution in [0.15, 0.2) is 23.3 Å². The molecule has 0 aromatic heterocycles. The minimum atomic E-state index is 0.0196. The van der Waals surface area contributed by atoms with E-state index in [0.717, 1.165) is 75.1 Å². The van der Waals surface area contributed by atoms with E-state index in [2.05, 4.69) is 95.2 Å². The monoisotopic (exact) mass is 793 g/mol. The summed E-state index contributed by atoms with van der Waals surface area (Å²) in [6.07, 6.45) is 25.0. The van der Waals surface area contributed by atoms with Crippen molar-refractivity contribution in [3.8, 4) is 0 Å². The summed E-state index contributed by atoms with van der Waals surface area (Å²) in [6.45, 7) is 36.0. The van der Waals surface area contributed by atoms with Crippen LogP contribution in [0.1, 0.15) is 187 Å². The van der Waals surface area contributed by atoms with Crippen LogP contribution in [0.25, 0.3) is 0 Å². The third-order valence-corrected chi connectivity index (χ3v) is 12.0. The van der Waals surface area contributed by atoms with Gasteiger partial charge in [-0.1, -0.05) is 104 Å². The summed E-state index contributed by atoms with van der Waals surface area (Å²) < 4.78 is 31.5. The fourth-order valence-corrected chi connectivity index (χ4v) is 7.04. The van der Waals surface area contributed by atoms with E-state index in [4.69, 9.17) is 28.4 Å². The molecule has 3 aliphatic carbocycles. The predicted octanol–water partition coefficient (Wildman–Crippen LogP) is 14.0. The van der Waals surface area contributed by atoms with Gasteiger partial charge in [0.05, 0.1) is 38.6 Å². The van der Waals surface area contributed by atoms with Gasteiger partial charge in [-0.3, -0.25) is 0 Å². The maximum absolute atomic E-state index is 5.39. The Balaban J connectivity index is 0.000000327. The summed E-state index contributed by atoms with van der Waals surface area (Å²) in [6, 6.07) is 0. The van der Waals surface area contributed by atoms with Crippen LogP contribution < -0.4 is 0 Å². The summed E-state index contributed by atoms with van der Waals surface area (Å²) in [5.74, 6) is 6.67. The highest BCUT2D eigenvalue weighted by molar-refractivity contribution is 5.02. The van der Waals surface area contributed by atoms with Crippen LogP contribution in [0.4, 0.5) is 0 Å². The Kier molecular flexibility index (Phi) is 30.5. The van der Waals surface area contributed by atoms with E-state index >= 15 is 0 Å². The van der Waals surface area contributed by atoms with Gasteiger partial charge in [0.1, 0.15) is 0 Å². The molecule has 6 heteroatoms. The lowest BCUT2D eigenvalue weighted by molar-refractivity contribution is -0.187. The third kappa shape index (κ3) is 30.3. The van der Waals surface area contributed by atoms with Gasteiger partial charge in [-0.15, -0.1) is 0 Å². The molecule has 332 valence electrons. The van der Waals surface area contributed by atoms with Crippen LogP contribution in [0, 0.1) is 47.3 Å². The molecule has 1 saturated carbocycles. The van der Waals surface area contributed by atoms with E-state index in [9.17, 15) is 0 Å². The molecule has 4 unspecified atom stereocenters. The van der Waals surface area contributed by atoms with Crippen molar-refractivity contribution in [1.29, 1.82) is 0 Å². The standard InChI is InChI=1S/C8H16.2C8H14.2C7H14O.2C6H12O2/c3*1-7-3-5-8(2)6-4-7;2*1-6-3-4-7(2)8-5-6;2*1-5-3-7-6(2)8-4-5/h7-8H,3-6H2,1-2H3;2*3,8H,4-6H2,1-2H3;2*6-7H,3-5H2,1-2H3;2*5-6H,3-4H2,1-2H3/t;;;6?,7-;6-,7?;;/m...11../s1. The molecule has 4 saturated heterocycles. The first-order valence-corrected chi connectivity index (χ1v) is 23.5. The summed E-state index contributed by atoms with van der Waals surface area (Å²) in [5.41, 5.74) is 3.17. The number of hydrogen-bond acceptors (Lipinski definition) is 6. The average molecular weight is 793 g/mol. The number of hydrogen-bond donors (Lipinski definition) is 0. The molecule has 4 aliphatic heterocycles. The quantitative estimate of drug-likeness (QED) is 0.228. The summed E-state index contributed by atoms with van der Waals surface area (Å²) in [7, 11) is 0. The Bertz CT molecular complexity index is 762. The number of allylic oxidation sites excluding steroid dienone is 4. The minimum absolute atomic E-state index is 0.0196. The van der Waals surface area contributed by atoms with Gasteiger partial charge < -0.3 is 28.4 Å². The summed E-state index contributed by atoms with van der Waals surface area (Å²) in [4.78, 5) is 0. The van der Waals surface area contributed by atoms with Crippen molar-refractivity contribution < 1.29 is 28.4 Å². The van der Waals surface area contributed by atoms with E-state index in [1.54, 1.807) is 11.1 Å². The molecule has 4 heterocycles. The van der Waals surface area contributed by atoms with Gasteiger partial charge in [-0.05, 0) is 141 Å². The molecule has 0 bridgehead atoms. The molecule has 0 aromatic carbocycles. The highest BCUT2D eigenvalue weighted by Crippen LogP contribution is 2.27. The van der Waals surface area contributed by atoms with Crippen molar-refractivity contribution in [1.82, 2.24) is 0 Å². The highest BCUT2D eigenvalue weighted by Gasteiger charge is 2.16. The lowest BCUT2D eigenvalue weighted by atomic mass is 9.84. The van der Waals surface area contributed by atoms with Gasteiger partial charge in [0, 0.05) is 25.0 Å². The zero-order valence-electron chi connectivity index (χ0n) is 39.7. The molecule has 6 atom stereocenters. The van der Waals surface area contributed by atoms with Crippen molar-refractivity contribution in [2.24, 2.45) is 47.3 Å². The van der Waals surface area contributed by atoms with Crippen molar-refractivity contribution >= 4 is 0 Å². The van der Waals surface area contributed by atoms with Crippen LogP contribution >= 0.6 is 0 Å². The van der Waals surface area contributed by atoms with Crippen molar-refractivity contribution in [2.45, 2.75) is 212 Å². The second-order valence-corrected chi connectivity index (χ2v) is 19.6. The minimum Gasteiger partial charge on any atom is -0.378 e. The molecule has 0 radical (unpaired) electrons. The highest BCUT2D eigenvalue weighted by atomic mass is 16.7. The summed E-state index contributed by atoms with van der Waals surface area (Å²) >= 11 is 0. The lowest BCUT2D eigenvalue weighted by Gasteiger charge is -2.24. The van der Waals surface area contributed by atoms with Crippen LogP contribution in [-0.4, -0.2) is 64.4 Å². The largest absolute Gasteiger partial charge is 0.378 e. The van der Waals surface area contributed by atoms with E-state index in [1.165, 1.54) is 89.9 Å². The fraction of sp³-hybridized carbons (Fsp3) is 0.920. The molecule has 6 nitrogen and oxygen atoms in total. The number of rotatable bonds is 0. The van der Waals surface area contributed by atoms with E-state index in [1.807, 2.05) is 13.8 Å². The molecule has 0 aromatic rings. The fourth-order valence-electron chi connectivity index (χ4n) is 7.04. The van der Waals surface area contributed by atoms with E-state index < -0.39 is 0 Å². The van der Waals surface area contributed by atoms with Gasteiger partial charge in [0.15, 0.2) is 12.6 Å². The molecular formula is C50H96O6. The first-order valence-electron chi connectivity index (χ1n) is 23.5. The number of ether oxygens (including phenoxy) is 6. The maximum atomic E-state index is 5.39. The second kappa shape index (κ2) is 32.1. The third-order valence-electron chi connectivity index (χ3n) is 12.0. The molecule has 7 rings (SSSR count). The van der Waals surface area contributed by atoms with Gasteiger partial charge in [-0.25, -0.2) is 0 Å². The predicted molar refractivity (Wildman–Crippen MR) is 239 cm³/mol. The van der Waals surface area contributed by atoms with Crippen molar-refractivity contribution in [2.75, 3.05) is 39.6 Å². The Hall–Kier alpha value is -0.760. The molecule has 56 heavy (non-hydrogen) atoms. The smallest absolute Gasteiger partial charge is 0.154 e. The van der Waals surface area contributed by atoms with Crippen molar-refractivity contribution in [3.63, 3.8) is 0 Å². The second-order valence-electron chi connectivity index (χ2n) is 19.6. The lowest BCUT2D eigenvalue weighted by Crippen LogP contribution is -2.27. The molecule has 5 fully saturated rings. The Labute approximate surface area is 349 Å². The van der Waals surface area contributed by atoms with Gasteiger partial charge in [0.25, 0.3) is 0 Å². The first kappa shape index (κ1) is 53.3. The summed E-state index contributed by atoms with van der Waals surface area (Å²) in [5, 5.41) is 0. The van der Waals surface area contributed by atoms with Crippen LogP contribution in [0.3, 0.4) is 0 Å².